The highest BCUT2D eigenvalue weighted by Gasteiger charge is 2.72. The Morgan fingerprint density at radius 1 is 0.882 bits per heavy atom. The smallest absolute Gasteiger partial charge is 0.302 e. The molecule has 2 aromatic heterocycles. The number of aromatic amines is 1. The van der Waals surface area contributed by atoms with E-state index in [-0.39, 0.29) is 45.2 Å². The lowest BCUT2D eigenvalue weighted by Gasteiger charge is -2.73. The summed E-state index contributed by atoms with van der Waals surface area (Å²) in [5.74, 6) is 3.54. The van der Waals surface area contributed by atoms with Crippen LogP contribution in [0.15, 0.2) is 42.7 Å². The van der Waals surface area contributed by atoms with Crippen LogP contribution in [0.3, 0.4) is 0 Å². The van der Waals surface area contributed by atoms with Crippen molar-refractivity contribution in [3.63, 3.8) is 0 Å². The fourth-order valence-electron chi connectivity index (χ4n) is 14.6. The molecule has 3 heterocycles. The van der Waals surface area contributed by atoms with E-state index in [0.717, 1.165) is 75.1 Å². The number of nitrogens with one attached hydrogen (secondary N) is 1. The number of nitrogens with zero attached hydrogens (tertiary/aromatic N) is 3. The van der Waals surface area contributed by atoms with Crippen LogP contribution in [-0.2, 0) is 14.3 Å². The third kappa shape index (κ3) is 4.94. The van der Waals surface area contributed by atoms with Gasteiger partial charge in [-0.15, -0.1) is 0 Å². The summed E-state index contributed by atoms with van der Waals surface area (Å²) in [5, 5.41) is 0. The zero-order chi connectivity index (χ0) is 36.1. The summed E-state index contributed by atoms with van der Waals surface area (Å²) >= 11 is 0. The maximum atomic E-state index is 15.4. The summed E-state index contributed by atoms with van der Waals surface area (Å²) < 4.78 is 5.99. The number of H-pyrrole nitrogens is 1. The van der Waals surface area contributed by atoms with Crippen molar-refractivity contribution in [2.24, 2.45) is 56.7 Å². The molecule has 0 unspecified atom stereocenters. The largest absolute Gasteiger partial charge is 0.462 e. The molecule has 2 aromatic rings. The van der Waals surface area contributed by atoms with E-state index in [0.29, 0.717) is 35.5 Å². The first-order valence-corrected chi connectivity index (χ1v) is 20.3. The predicted molar refractivity (Wildman–Crippen MR) is 200 cm³/mol. The molecule has 0 spiro atoms. The van der Waals surface area contributed by atoms with Crippen LogP contribution in [0, 0.1) is 56.7 Å². The number of amides is 1. The lowest BCUT2D eigenvalue weighted by Crippen LogP contribution is -2.67. The summed E-state index contributed by atoms with van der Waals surface area (Å²) in [7, 11) is 0. The molecule has 0 bridgehead atoms. The Morgan fingerprint density at radius 2 is 1.69 bits per heavy atom. The van der Waals surface area contributed by atoms with Gasteiger partial charge in [-0.3, -0.25) is 14.6 Å². The molecule has 0 aromatic carbocycles. The first-order chi connectivity index (χ1) is 24.2. The molecule has 6 fully saturated rings. The zero-order valence-electron chi connectivity index (χ0n) is 32.4. The summed E-state index contributed by atoms with van der Waals surface area (Å²) in [4.78, 5) is 42.7. The summed E-state index contributed by atoms with van der Waals surface area (Å²) in [6.45, 7) is 21.9. The molecule has 1 aliphatic heterocycles. The highest BCUT2D eigenvalue weighted by molar-refractivity contribution is 5.84. The van der Waals surface area contributed by atoms with Gasteiger partial charge in [0, 0.05) is 25.1 Å². The molecule has 8 rings (SSSR count). The molecule has 1 saturated heterocycles. The van der Waals surface area contributed by atoms with E-state index in [1.54, 1.807) is 6.92 Å². The number of likely N-dealkylation sites (tertiary alicyclic amines) is 1. The number of hydrogen-bond donors (Lipinski definition) is 1. The van der Waals surface area contributed by atoms with Crippen molar-refractivity contribution < 1.29 is 14.3 Å². The lowest BCUT2D eigenvalue weighted by molar-refractivity contribution is -0.249. The van der Waals surface area contributed by atoms with Crippen LogP contribution in [-0.4, -0.2) is 44.4 Å². The molecule has 7 nitrogen and oxygen atoms in total. The minimum Gasteiger partial charge on any atom is -0.462 e. The van der Waals surface area contributed by atoms with Gasteiger partial charge in [0.15, 0.2) is 0 Å². The Kier molecular flexibility index (Phi) is 8.28. The van der Waals surface area contributed by atoms with E-state index < -0.39 is 0 Å². The molecular weight excluding hydrogens is 633 g/mol. The zero-order valence-corrected chi connectivity index (χ0v) is 32.4. The molecule has 0 radical (unpaired) electrons. The van der Waals surface area contributed by atoms with E-state index in [1.165, 1.54) is 31.3 Å². The molecule has 5 aliphatic carbocycles. The van der Waals surface area contributed by atoms with Gasteiger partial charge in [-0.2, -0.15) is 0 Å². The van der Waals surface area contributed by atoms with Crippen molar-refractivity contribution >= 4 is 11.9 Å². The van der Waals surface area contributed by atoms with E-state index in [9.17, 15) is 4.79 Å². The highest BCUT2D eigenvalue weighted by Crippen LogP contribution is 2.78. The minimum absolute atomic E-state index is 0.00216. The number of rotatable bonds is 5. The van der Waals surface area contributed by atoms with Crippen molar-refractivity contribution in [3.05, 3.63) is 48.6 Å². The van der Waals surface area contributed by atoms with Crippen LogP contribution < -0.4 is 0 Å². The Labute approximate surface area is 306 Å². The molecule has 6 aliphatic rings. The average Bonchev–Trinajstić information content (AvgIpc) is 3.85. The number of hydrogen-bond acceptors (Lipinski definition) is 5. The average molecular weight is 695 g/mol. The number of aromatic nitrogens is 3. The first kappa shape index (κ1) is 35.1. The van der Waals surface area contributed by atoms with Gasteiger partial charge in [-0.1, -0.05) is 52.8 Å². The monoisotopic (exact) mass is 694 g/mol. The van der Waals surface area contributed by atoms with Crippen molar-refractivity contribution in [3.8, 4) is 11.4 Å². The minimum atomic E-state index is -0.332. The normalized spacial score (nSPS) is 42.6. The Balaban J connectivity index is 1.11. The van der Waals surface area contributed by atoms with Crippen molar-refractivity contribution in [1.29, 1.82) is 0 Å². The first-order valence-electron chi connectivity index (χ1n) is 20.3. The SMILES string of the molecule is C=C(C)[C@@H]1CC[C@]2(C(=O)N3CCC[C@H]3c3ncc(-c4ccccn4)[nH]3)CC[C@]3(C)[C@H](CC[C@@H]4[C@@]5(C)CC[C@H](OC(C)=O)C(C)(C)[C@@H]5CC[C@]43C)[C@@H]12. The van der Waals surface area contributed by atoms with Gasteiger partial charge in [0.2, 0.25) is 5.91 Å². The molecule has 1 N–H and O–H groups in total. The Bertz CT molecular complexity index is 1700. The molecule has 1 amide bonds. The van der Waals surface area contributed by atoms with E-state index >= 15 is 4.79 Å². The Hall–Kier alpha value is -2.96. The molecular formula is C44H62N4O3. The summed E-state index contributed by atoms with van der Waals surface area (Å²) in [5.41, 5.74) is 3.28. The van der Waals surface area contributed by atoms with Crippen LogP contribution in [0.1, 0.15) is 137 Å². The summed E-state index contributed by atoms with van der Waals surface area (Å²) in [6.07, 6.45) is 16.7. The van der Waals surface area contributed by atoms with Crippen LogP contribution in [0.4, 0.5) is 0 Å². The van der Waals surface area contributed by atoms with Crippen molar-refractivity contribution in [2.45, 2.75) is 138 Å². The quantitative estimate of drug-likeness (QED) is 0.249. The van der Waals surface area contributed by atoms with Gasteiger partial charge in [0.1, 0.15) is 11.9 Å². The second kappa shape index (κ2) is 12.0. The number of ether oxygens (including phenoxy) is 1. The van der Waals surface area contributed by atoms with E-state index in [4.69, 9.17) is 9.72 Å². The Morgan fingerprint density at radius 3 is 2.41 bits per heavy atom. The van der Waals surface area contributed by atoms with Crippen LogP contribution in [0.5, 0.6) is 0 Å². The van der Waals surface area contributed by atoms with Gasteiger partial charge >= 0.3 is 5.97 Å². The van der Waals surface area contributed by atoms with Gasteiger partial charge in [0.25, 0.3) is 0 Å². The van der Waals surface area contributed by atoms with Gasteiger partial charge in [-0.05, 0) is 142 Å². The lowest BCUT2D eigenvalue weighted by atomic mass is 9.32. The number of allylic oxidation sites excluding steroid dienone is 1. The van der Waals surface area contributed by atoms with E-state index in [2.05, 4.69) is 63.0 Å². The van der Waals surface area contributed by atoms with Crippen LogP contribution in [0.2, 0.25) is 0 Å². The maximum Gasteiger partial charge on any atom is 0.302 e. The molecule has 5 saturated carbocycles. The van der Waals surface area contributed by atoms with Gasteiger partial charge in [-0.25, -0.2) is 4.98 Å². The number of pyridine rings is 1. The number of imidazole rings is 1. The number of carbonyl (C=O) groups excluding carboxylic acids is 2. The van der Waals surface area contributed by atoms with Crippen LogP contribution >= 0.6 is 0 Å². The standard InChI is InChI=1S/C44H62N4O3/c1-27(2)29-16-21-44(39(50)48-25-11-13-33(48)38-46-26-32(47-38)31-12-9-10-24-45-31)23-22-42(7)30(37(29)44)14-15-35-41(6)19-18-36(51-28(3)49)40(4,5)34(41)17-20-43(35,42)8/h9-10,12,24,26,29-30,33-37H,1,11,13-23,25H2,2-8H3,(H,46,47)/t29-,30+,33-,34-,35+,36-,37+,41-,42+,43+,44-/m0/s1. The fourth-order valence-corrected chi connectivity index (χ4v) is 14.6. The van der Waals surface area contributed by atoms with Gasteiger partial charge < -0.3 is 14.6 Å². The topological polar surface area (TPSA) is 88.2 Å². The second-order valence-electron chi connectivity index (χ2n) is 19.4. The fraction of sp³-hybridized carbons (Fsp3) is 0.727. The molecule has 7 heteroatoms. The van der Waals surface area contributed by atoms with Crippen molar-refractivity contribution in [1.82, 2.24) is 19.9 Å². The summed E-state index contributed by atoms with van der Waals surface area (Å²) in [6, 6.07) is 5.92. The predicted octanol–water partition coefficient (Wildman–Crippen LogP) is 9.72. The van der Waals surface area contributed by atoms with Crippen molar-refractivity contribution in [2.75, 3.05) is 6.54 Å². The maximum absolute atomic E-state index is 15.4. The molecule has 11 atom stereocenters. The number of fused-ring (bicyclic) bond motifs is 7. The number of esters is 1. The highest BCUT2D eigenvalue weighted by atomic mass is 16.5. The van der Waals surface area contributed by atoms with Crippen LogP contribution in [0.25, 0.3) is 11.4 Å². The van der Waals surface area contributed by atoms with E-state index in [1.807, 2.05) is 30.6 Å². The number of carbonyl (C=O) groups is 2. The molecule has 276 valence electrons. The third-order valence-corrected chi connectivity index (χ3v) is 17.1. The van der Waals surface area contributed by atoms with Gasteiger partial charge in [0.05, 0.1) is 29.0 Å². The third-order valence-electron chi connectivity index (χ3n) is 17.1. The second-order valence-corrected chi connectivity index (χ2v) is 19.4. The molecule has 51 heavy (non-hydrogen) atoms.